The highest BCUT2D eigenvalue weighted by atomic mass is 16.5. The van der Waals surface area contributed by atoms with Crippen molar-refractivity contribution in [2.75, 3.05) is 20.3 Å². The summed E-state index contributed by atoms with van der Waals surface area (Å²) in [5.41, 5.74) is 4.08. The number of fused-ring (bicyclic) bond motifs is 1. The summed E-state index contributed by atoms with van der Waals surface area (Å²) in [6, 6.07) is 13.4. The lowest BCUT2D eigenvalue weighted by atomic mass is 9.90. The van der Waals surface area contributed by atoms with Gasteiger partial charge in [-0.25, -0.2) is 0 Å². The molecule has 0 amide bonds. The molecule has 2 aromatic rings. The van der Waals surface area contributed by atoms with E-state index >= 15 is 0 Å². The van der Waals surface area contributed by atoms with Crippen molar-refractivity contribution in [1.29, 1.82) is 0 Å². The molecule has 32 heavy (non-hydrogen) atoms. The lowest BCUT2D eigenvalue weighted by Crippen LogP contribution is -2.31. The van der Waals surface area contributed by atoms with Gasteiger partial charge in [0, 0.05) is 6.04 Å². The van der Waals surface area contributed by atoms with Gasteiger partial charge in [-0.1, -0.05) is 38.3 Å². The highest BCUT2D eigenvalue weighted by molar-refractivity contribution is 5.45. The molecule has 1 N–H and O–H groups in total. The molecule has 1 heterocycles. The van der Waals surface area contributed by atoms with Crippen LogP contribution in [0.15, 0.2) is 36.4 Å². The van der Waals surface area contributed by atoms with Crippen LogP contribution in [-0.2, 0) is 12.8 Å². The molecule has 1 aliphatic heterocycles. The third-order valence-electron chi connectivity index (χ3n) is 6.81. The van der Waals surface area contributed by atoms with E-state index in [0.29, 0.717) is 12.1 Å². The molecule has 4 rings (SSSR count). The van der Waals surface area contributed by atoms with Crippen molar-refractivity contribution in [2.24, 2.45) is 0 Å². The van der Waals surface area contributed by atoms with Crippen LogP contribution in [0.3, 0.4) is 0 Å². The van der Waals surface area contributed by atoms with Crippen LogP contribution in [0.1, 0.15) is 81.0 Å². The number of methoxy groups -OCH3 is 1. The summed E-state index contributed by atoms with van der Waals surface area (Å²) in [6.07, 6.45) is 12.0. The van der Waals surface area contributed by atoms with Crippen molar-refractivity contribution in [3.8, 4) is 17.2 Å². The molecule has 1 fully saturated rings. The Morgan fingerprint density at radius 3 is 2.66 bits per heavy atom. The van der Waals surface area contributed by atoms with Crippen molar-refractivity contribution in [2.45, 2.75) is 83.3 Å². The van der Waals surface area contributed by atoms with Gasteiger partial charge in [0.15, 0.2) is 11.5 Å². The second-order valence-corrected chi connectivity index (χ2v) is 9.24. The van der Waals surface area contributed by atoms with Crippen LogP contribution in [0.5, 0.6) is 17.2 Å². The van der Waals surface area contributed by atoms with Gasteiger partial charge in [0.1, 0.15) is 5.75 Å². The molecular weight excluding hydrogens is 398 g/mol. The maximum Gasteiger partial charge on any atom is 0.161 e. The van der Waals surface area contributed by atoms with Gasteiger partial charge in [-0.3, -0.25) is 0 Å². The summed E-state index contributed by atoms with van der Waals surface area (Å²) in [6.45, 7) is 4.03. The third-order valence-corrected chi connectivity index (χ3v) is 6.81. The van der Waals surface area contributed by atoms with Crippen LogP contribution in [-0.4, -0.2) is 26.4 Å². The van der Waals surface area contributed by atoms with Gasteiger partial charge in [0.05, 0.1) is 19.8 Å². The van der Waals surface area contributed by atoms with E-state index in [-0.39, 0.29) is 0 Å². The Labute approximate surface area is 193 Å². The first-order chi connectivity index (χ1) is 15.8. The van der Waals surface area contributed by atoms with Crippen LogP contribution in [0.25, 0.3) is 0 Å². The molecule has 0 bridgehead atoms. The van der Waals surface area contributed by atoms with Crippen molar-refractivity contribution in [3.05, 3.63) is 53.1 Å². The molecule has 2 aliphatic rings. The molecule has 1 aliphatic carbocycles. The van der Waals surface area contributed by atoms with Gasteiger partial charge >= 0.3 is 0 Å². The SMILES string of the molecule is CCCCCOc1ccc2c(c1)CCNC2Cc1ccc(OC)c(OC2CCCCC2)c1. The largest absolute Gasteiger partial charge is 0.494 e. The fourth-order valence-corrected chi connectivity index (χ4v) is 4.98. The van der Waals surface area contributed by atoms with Crippen LogP contribution < -0.4 is 19.5 Å². The number of hydrogen-bond acceptors (Lipinski definition) is 4. The second-order valence-electron chi connectivity index (χ2n) is 9.24. The standard InChI is InChI=1S/C28H39NO3/c1-3-4-8-17-31-24-12-13-25-22(20-24)15-16-29-26(25)18-21-11-14-27(30-2)28(19-21)32-23-9-6-5-7-10-23/h11-14,19-20,23,26,29H,3-10,15-18H2,1-2H3. The Bertz CT molecular complexity index is 860. The Balaban J connectivity index is 1.44. The molecule has 2 aromatic carbocycles. The summed E-state index contributed by atoms with van der Waals surface area (Å²) in [5, 5.41) is 3.72. The molecule has 174 valence electrons. The monoisotopic (exact) mass is 437 g/mol. The van der Waals surface area contributed by atoms with Crippen molar-refractivity contribution < 1.29 is 14.2 Å². The smallest absolute Gasteiger partial charge is 0.161 e. The minimum Gasteiger partial charge on any atom is -0.494 e. The molecule has 0 spiro atoms. The molecule has 4 nitrogen and oxygen atoms in total. The number of hydrogen-bond donors (Lipinski definition) is 1. The fourth-order valence-electron chi connectivity index (χ4n) is 4.98. The van der Waals surface area contributed by atoms with E-state index in [9.17, 15) is 0 Å². The highest BCUT2D eigenvalue weighted by Crippen LogP contribution is 2.34. The first-order valence-corrected chi connectivity index (χ1v) is 12.6. The maximum absolute atomic E-state index is 6.39. The minimum absolute atomic E-state index is 0.309. The van der Waals surface area contributed by atoms with E-state index in [2.05, 4.69) is 48.6 Å². The zero-order chi connectivity index (χ0) is 22.2. The fraction of sp³-hybridized carbons (Fsp3) is 0.571. The topological polar surface area (TPSA) is 39.7 Å². The molecule has 4 heteroatoms. The average molecular weight is 438 g/mol. The number of rotatable bonds is 10. The third kappa shape index (κ3) is 5.98. The van der Waals surface area contributed by atoms with Gasteiger partial charge in [-0.05, 0) is 92.4 Å². The molecular formula is C28H39NO3. The molecule has 0 radical (unpaired) electrons. The van der Waals surface area contributed by atoms with E-state index in [1.165, 1.54) is 48.8 Å². The lowest BCUT2D eigenvalue weighted by molar-refractivity contribution is 0.149. The second kappa shape index (κ2) is 11.6. The zero-order valence-corrected chi connectivity index (χ0v) is 19.8. The summed E-state index contributed by atoms with van der Waals surface area (Å²) in [7, 11) is 1.73. The first kappa shape index (κ1) is 23.0. The average Bonchev–Trinajstić information content (AvgIpc) is 2.83. The van der Waals surface area contributed by atoms with Crippen LogP contribution in [0, 0.1) is 0 Å². The summed E-state index contributed by atoms with van der Waals surface area (Å²) < 4.78 is 18.0. The summed E-state index contributed by atoms with van der Waals surface area (Å²) >= 11 is 0. The van der Waals surface area contributed by atoms with Crippen molar-refractivity contribution in [3.63, 3.8) is 0 Å². The van der Waals surface area contributed by atoms with Crippen LogP contribution >= 0.6 is 0 Å². The van der Waals surface area contributed by atoms with Gasteiger partial charge in [-0.15, -0.1) is 0 Å². The van der Waals surface area contributed by atoms with E-state index in [1.54, 1.807) is 7.11 Å². The Hall–Kier alpha value is -2.20. The number of unbranched alkanes of at least 4 members (excludes halogenated alkanes) is 2. The molecule has 0 aromatic heterocycles. The van der Waals surface area contributed by atoms with E-state index in [4.69, 9.17) is 14.2 Å². The molecule has 0 saturated heterocycles. The maximum atomic E-state index is 6.39. The summed E-state index contributed by atoms with van der Waals surface area (Å²) in [4.78, 5) is 0. The van der Waals surface area contributed by atoms with Gasteiger partial charge in [-0.2, -0.15) is 0 Å². The van der Waals surface area contributed by atoms with E-state index in [0.717, 1.165) is 62.5 Å². The highest BCUT2D eigenvalue weighted by Gasteiger charge is 2.22. The molecule has 1 unspecified atom stereocenters. The quantitative estimate of drug-likeness (QED) is 0.436. The zero-order valence-electron chi connectivity index (χ0n) is 19.8. The first-order valence-electron chi connectivity index (χ1n) is 12.6. The van der Waals surface area contributed by atoms with Gasteiger partial charge < -0.3 is 19.5 Å². The predicted octanol–water partition coefficient (Wildman–Crippen LogP) is 6.41. The Morgan fingerprint density at radius 2 is 1.84 bits per heavy atom. The number of nitrogens with one attached hydrogen (secondary N) is 1. The van der Waals surface area contributed by atoms with Crippen LogP contribution in [0.4, 0.5) is 0 Å². The normalized spacial score (nSPS) is 18.8. The van der Waals surface area contributed by atoms with Gasteiger partial charge in [0.25, 0.3) is 0 Å². The Morgan fingerprint density at radius 1 is 0.969 bits per heavy atom. The van der Waals surface area contributed by atoms with E-state index < -0.39 is 0 Å². The number of ether oxygens (including phenoxy) is 3. The van der Waals surface area contributed by atoms with Crippen molar-refractivity contribution >= 4 is 0 Å². The van der Waals surface area contributed by atoms with Gasteiger partial charge in [0.2, 0.25) is 0 Å². The molecule has 1 saturated carbocycles. The minimum atomic E-state index is 0.309. The van der Waals surface area contributed by atoms with Crippen molar-refractivity contribution in [1.82, 2.24) is 5.32 Å². The Kier molecular flexibility index (Phi) is 8.33. The number of benzene rings is 2. The molecule has 1 atom stereocenters. The summed E-state index contributed by atoms with van der Waals surface area (Å²) in [5.74, 6) is 2.73. The predicted molar refractivity (Wildman–Crippen MR) is 130 cm³/mol. The van der Waals surface area contributed by atoms with E-state index in [1.807, 2.05) is 0 Å². The lowest BCUT2D eigenvalue weighted by Gasteiger charge is -2.28. The van der Waals surface area contributed by atoms with Crippen LogP contribution in [0.2, 0.25) is 0 Å².